The molecule has 0 N–H and O–H groups in total. The zero-order valence-corrected chi connectivity index (χ0v) is 15.4. The van der Waals surface area contributed by atoms with Crippen molar-refractivity contribution in [3.05, 3.63) is 71.3 Å². The molecular weight excluding hydrogens is 320 g/mol. The molecule has 0 spiro atoms. The van der Waals surface area contributed by atoms with Crippen molar-refractivity contribution >= 4 is 5.91 Å². The van der Waals surface area contributed by atoms with Crippen LogP contribution in [0.15, 0.2) is 54.6 Å². The van der Waals surface area contributed by atoms with Gasteiger partial charge in [-0.3, -0.25) is 9.69 Å². The SMILES string of the molecule is O=C(CN1CCCCC1Cc1ccccc1)N1CCc2ccccc2C1. The number of rotatable bonds is 4. The summed E-state index contributed by atoms with van der Waals surface area (Å²) < 4.78 is 0. The molecule has 0 radical (unpaired) electrons. The number of hydrogen-bond acceptors (Lipinski definition) is 2. The highest BCUT2D eigenvalue weighted by Gasteiger charge is 2.27. The first-order valence-corrected chi connectivity index (χ1v) is 9.92. The van der Waals surface area contributed by atoms with Crippen molar-refractivity contribution in [1.82, 2.24) is 9.80 Å². The molecular formula is C23H28N2O. The van der Waals surface area contributed by atoms with Crippen molar-refractivity contribution in [2.75, 3.05) is 19.6 Å². The van der Waals surface area contributed by atoms with Crippen molar-refractivity contribution in [3.63, 3.8) is 0 Å². The highest BCUT2D eigenvalue weighted by Crippen LogP contribution is 2.22. The molecule has 2 aromatic carbocycles. The van der Waals surface area contributed by atoms with E-state index in [4.69, 9.17) is 0 Å². The minimum Gasteiger partial charge on any atom is -0.337 e. The molecule has 1 amide bonds. The normalized spacial score (nSPS) is 20.6. The Labute approximate surface area is 156 Å². The Bertz CT molecular complexity index is 743. The van der Waals surface area contributed by atoms with E-state index in [0.717, 1.165) is 32.5 Å². The first-order chi connectivity index (χ1) is 12.8. The number of amides is 1. The maximum atomic E-state index is 13.0. The number of hydrogen-bond donors (Lipinski definition) is 0. The second-order valence-electron chi connectivity index (χ2n) is 7.64. The number of piperidine rings is 1. The molecule has 2 aliphatic rings. The van der Waals surface area contributed by atoms with Gasteiger partial charge in [0, 0.05) is 19.1 Å². The predicted molar refractivity (Wildman–Crippen MR) is 105 cm³/mol. The molecule has 1 saturated heterocycles. The Morgan fingerprint density at radius 2 is 1.69 bits per heavy atom. The van der Waals surface area contributed by atoms with Crippen LogP contribution in [-0.2, 0) is 24.2 Å². The summed E-state index contributed by atoms with van der Waals surface area (Å²) in [5.41, 5.74) is 4.09. The van der Waals surface area contributed by atoms with Crippen LogP contribution in [0.4, 0.5) is 0 Å². The van der Waals surface area contributed by atoms with E-state index in [9.17, 15) is 4.79 Å². The van der Waals surface area contributed by atoms with Gasteiger partial charge in [0.25, 0.3) is 0 Å². The number of nitrogens with zero attached hydrogens (tertiary/aromatic N) is 2. The van der Waals surface area contributed by atoms with Crippen LogP contribution in [-0.4, -0.2) is 41.4 Å². The molecule has 1 atom stereocenters. The monoisotopic (exact) mass is 348 g/mol. The van der Waals surface area contributed by atoms with Gasteiger partial charge in [0.1, 0.15) is 0 Å². The fraction of sp³-hybridized carbons (Fsp3) is 0.435. The van der Waals surface area contributed by atoms with Crippen molar-refractivity contribution in [2.45, 2.75) is 44.7 Å². The van der Waals surface area contributed by atoms with E-state index in [1.165, 1.54) is 36.0 Å². The highest BCUT2D eigenvalue weighted by atomic mass is 16.2. The van der Waals surface area contributed by atoms with E-state index in [2.05, 4.69) is 64.4 Å². The van der Waals surface area contributed by atoms with Crippen molar-refractivity contribution in [3.8, 4) is 0 Å². The largest absolute Gasteiger partial charge is 0.337 e. The van der Waals surface area contributed by atoms with Gasteiger partial charge in [-0.15, -0.1) is 0 Å². The summed E-state index contributed by atoms with van der Waals surface area (Å²) in [5, 5.41) is 0. The smallest absolute Gasteiger partial charge is 0.237 e. The minimum absolute atomic E-state index is 0.291. The summed E-state index contributed by atoms with van der Waals surface area (Å²) in [4.78, 5) is 17.4. The molecule has 1 unspecified atom stereocenters. The first kappa shape index (κ1) is 17.3. The standard InChI is InChI=1S/C23H28N2O/c26-23(25-15-13-20-10-4-5-11-21(20)17-25)18-24-14-7-6-12-22(24)16-19-8-2-1-3-9-19/h1-5,8-11,22H,6-7,12-18H2. The lowest BCUT2D eigenvalue weighted by Gasteiger charge is -2.37. The van der Waals surface area contributed by atoms with Gasteiger partial charge >= 0.3 is 0 Å². The van der Waals surface area contributed by atoms with Crippen LogP contribution in [0.2, 0.25) is 0 Å². The number of fused-ring (bicyclic) bond motifs is 1. The average Bonchev–Trinajstić information content (AvgIpc) is 2.70. The molecule has 2 aromatic rings. The molecule has 0 bridgehead atoms. The molecule has 0 saturated carbocycles. The second kappa shape index (κ2) is 8.05. The van der Waals surface area contributed by atoms with Crippen LogP contribution in [0.5, 0.6) is 0 Å². The molecule has 26 heavy (non-hydrogen) atoms. The van der Waals surface area contributed by atoms with Crippen LogP contribution in [0.3, 0.4) is 0 Å². The van der Waals surface area contributed by atoms with Gasteiger partial charge in [0.05, 0.1) is 6.54 Å². The van der Waals surface area contributed by atoms with Gasteiger partial charge < -0.3 is 4.90 Å². The summed E-state index contributed by atoms with van der Waals surface area (Å²) in [5.74, 6) is 0.291. The predicted octanol–water partition coefficient (Wildman–Crippen LogP) is 3.67. The van der Waals surface area contributed by atoms with Crippen molar-refractivity contribution < 1.29 is 4.79 Å². The minimum atomic E-state index is 0.291. The molecule has 0 aromatic heterocycles. The summed E-state index contributed by atoms with van der Waals surface area (Å²) in [6.07, 6.45) is 5.72. The second-order valence-corrected chi connectivity index (χ2v) is 7.64. The Balaban J connectivity index is 1.39. The average molecular weight is 348 g/mol. The maximum absolute atomic E-state index is 13.0. The fourth-order valence-electron chi connectivity index (χ4n) is 4.37. The lowest BCUT2D eigenvalue weighted by molar-refractivity contribution is -0.134. The highest BCUT2D eigenvalue weighted by molar-refractivity contribution is 5.78. The van der Waals surface area contributed by atoms with E-state index >= 15 is 0 Å². The van der Waals surface area contributed by atoms with Crippen LogP contribution in [0.25, 0.3) is 0 Å². The van der Waals surface area contributed by atoms with Gasteiger partial charge in [-0.05, 0) is 48.9 Å². The third kappa shape index (κ3) is 3.99. The molecule has 3 nitrogen and oxygen atoms in total. The topological polar surface area (TPSA) is 23.6 Å². The summed E-state index contributed by atoms with van der Waals surface area (Å²) >= 11 is 0. The molecule has 2 heterocycles. The number of carbonyl (C=O) groups excluding carboxylic acids is 1. The Morgan fingerprint density at radius 1 is 0.923 bits per heavy atom. The number of carbonyl (C=O) groups is 1. The van der Waals surface area contributed by atoms with Gasteiger partial charge in [-0.2, -0.15) is 0 Å². The lowest BCUT2D eigenvalue weighted by atomic mass is 9.95. The van der Waals surface area contributed by atoms with Gasteiger partial charge in [-0.25, -0.2) is 0 Å². The molecule has 4 rings (SSSR count). The van der Waals surface area contributed by atoms with Crippen LogP contribution < -0.4 is 0 Å². The van der Waals surface area contributed by atoms with Crippen molar-refractivity contribution in [2.24, 2.45) is 0 Å². The van der Waals surface area contributed by atoms with Crippen LogP contribution in [0, 0.1) is 0 Å². The van der Waals surface area contributed by atoms with Gasteiger partial charge in [0.15, 0.2) is 0 Å². The molecule has 3 heteroatoms. The van der Waals surface area contributed by atoms with Gasteiger partial charge in [0.2, 0.25) is 5.91 Å². The summed E-state index contributed by atoms with van der Waals surface area (Å²) in [7, 11) is 0. The summed E-state index contributed by atoms with van der Waals surface area (Å²) in [6.45, 7) is 3.24. The Hall–Kier alpha value is -2.13. The lowest BCUT2D eigenvalue weighted by Crippen LogP contribution is -2.48. The maximum Gasteiger partial charge on any atom is 0.237 e. The van der Waals surface area contributed by atoms with E-state index in [-0.39, 0.29) is 0 Å². The molecule has 0 aliphatic carbocycles. The van der Waals surface area contributed by atoms with E-state index < -0.39 is 0 Å². The molecule has 1 fully saturated rings. The zero-order chi connectivity index (χ0) is 17.8. The zero-order valence-electron chi connectivity index (χ0n) is 15.4. The third-order valence-corrected chi connectivity index (χ3v) is 5.88. The van der Waals surface area contributed by atoms with Gasteiger partial charge in [-0.1, -0.05) is 61.0 Å². The Morgan fingerprint density at radius 3 is 2.54 bits per heavy atom. The first-order valence-electron chi connectivity index (χ1n) is 9.92. The fourth-order valence-corrected chi connectivity index (χ4v) is 4.37. The van der Waals surface area contributed by atoms with Crippen molar-refractivity contribution in [1.29, 1.82) is 0 Å². The van der Waals surface area contributed by atoms with E-state index in [0.29, 0.717) is 18.5 Å². The van der Waals surface area contributed by atoms with E-state index in [1.807, 2.05) is 0 Å². The summed E-state index contributed by atoms with van der Waals surface area (Å²) in [6, 6.07) is 19.7. The quantitative estimate of drug-likeness (QED) is 0.842. The van der Waals surface area contributed by atoms with Crippen LogP contribution in [0.1, 0.15) is 36.0 Å². The number of likely N-dealkylation sites (tertiary alicyclic amines) is 1. The third-order valence-electron chi connectivity index (χ3n) is 5.88. The Kier molecular flexibility index (Phi) is 5.35. The van der Waals surface area contributed by atoms with Crippen LogP contribution >= 0.6 is 0 Å². The molecule has 2 aliphatic heterocycles. The number of benzene rings is 2. The van der Waals surface area contributed by atoms with E-state index in [1.54, 1.807) is 0 Å². The molecule has 136 valence electrons.